The number of fused-ring (bicyclic) bond motifs is 1. The van der Waals surface area contributed by atoms with Gasteiger partial charge in [0.1, 0.15) is 0 Å². The van der Waals surface area contributed by atoms with Gasteiger partial charge < -0.3 is 16.4 Å². The molecule has 1 heterocycles. The molecule has 0 radical (unpaired) electrons. The van der Waals surface area contributed by atoms with Crippen LogP contribution >= 0.6 is 15.9 Å². The average molecular weight is 436 g/mol. The summed E-state index contributed by atoms with van der Waals surface area (Å²) in [6, 6.07) is 19.0. The second kappa shape index (κ2) is 7.36. The first kappa shape index (κ1) is 18.1. The maximum atomic E-state index is 12.2. The van der Waals surface area contributed by atoms with E-state index in [0.717, 1.165) is 37.8 Å². The number of hydrogen-bond acceptors (Lipinski definition) is 3. The third-order valence-corrected chi connectivity index (χ3v) is 5.02. The van der Waals surface area contributed by atoms with Crippen LogP contribution in [0.3, 0.4) is 0 Å². The number of amides is 2. The number of hydrogen-bond donors (Lipinski definition) is 4. The van der Waals surface area contributed by atoms with E-state index in [1.54, 1.807) is 0 Å². The fourth-order valence-corrected chi connectivity index (χ4v) is 3.72. The molecule has 5 N–H and O–H groups in total. The van der Waals surface area contributed by atoms with Crippen molar-refractivity contribution in [2.75, 3.05) is 16.4 Å². The molecule has 4 aromatic rings. The molecule has 6 nitrogen and oxygen atoms in total. The summed E-state index contributed by atoms with van der Waals surface area (Å²) in [5.41, 5.74) is 11.3. The normalized spacial score (nSPS) is 10.8. The molecule has 0 spiro atoms. The Kier molecular flexibility index (Phi) is 4.75. The molecule has 0 unspecified atom stereocenters. The Labute approximate surface area is 170 Å². The van der Waals surface area contributed by atoms with Crippen LogP contribution in [0.15, 0.2) is 65.1 Å². The van der Waals surface area contributed by atoms with Crippen LogP contribution in [-0.4, -0.2) is 16.2 Å². The lowest BCUT2D eigenvalue weighted by Gasteiger charge is -2.09. The van der Waals surface area contributed by atoms with Crippen molar-refractivity contribution in [3.05, 3.63) is 70.7 Å². The van der Waals surface area contributed by atoms with E-state index in [1.165, 1.54) is 0 Å². The summed E-state index contributed by atoms with van der Waals surface area (Å²) in [5.74, 6) is 0.465. The zero-order valence-corrected chi connectivity index (χ0v) is 16.7. The molecule has 0 aliphatic heterocycles. The molecule has 140 valence electrons. The number of carbonyl (C=O) groups excluding carboxylic acids is 1. The number of nitrogens with zero attached hydrogens (tertiary/aromatic N) is 1. The van der Waals surface area contributed by atoms with Gasteiger partial charge >= 0.3 is 6.03 Å². The first-order valence-electron chi connectivity index (χ1n) is 8.68. The van der Waals surface area contributed by atoms with Gasteiger partial charge in [-0.1, -0.05) is 24.3 Å². The summed E-state index contributed by atoms with van der Waals surface area (Å²) in [6.45, 7) is 1.98. The second-order valence-electron chi connectivity index (χ2n) is 6.52. The molecule has 0 saturated carbocycles. The number of benzene rings is 3. The van der Waals surface area contributed by atoms with E-state index in [0.29, 0.717) is 11.5 Å². The van der Waals surface area contributed by atoms with Crippen molar-refractivity contribution in [3.8, 4) is 11.1 Å². The highest BCUT2D eigenvalue weighted by Crippen LogP contribution is 2.33. The minimum Gasteiger partial charge on any atom is -0.382 e. The highest BCUT2D eigenvalue weighted by molar-refractivity contribution is 9.10. The summed E-state index contributed by atoms with van der Waals surface area (Å²) in [5, 5.41) is 13.5. The third-order valence-electron chi connectivity index (χ3n) is 4.40. The van der Waals surface area contributed by atoms with Gasteiger partial charge in [0, 0.05) is 15.8 Å². The molecule has 2 amide bonds. The van der Waals surface area contributed by atoms with Gasteiger partial charge in [0.25, 0.3) is 0 Å². The number of anilines is 3. The molecule has 1 aromatic heterocycles. The molecule has 3 aromatic carbocycles. The number of aryl methyl sites for hydroxylation is 1. The number of nitrogen functional groups attached to an aromatic ring is 1. The van der Waals surface area contributed by atoms with Crippen molar-refractivity contribution >= 4 is 50.1 Å². The van der Waals surface area contributed by atoms with Gasteiger partial charge in [-0.2, -0.15) is 5.10 Å². The topological polar surface area (TPSA) is 95.8 Å². The summed E-state index contributed by atoms with van der Waals surface area (Å²) in [4.78, 5) is 12.2. The smallest absolute Gasteiger partial charge is 0.323 e. The summed E-state index contributed by atoms with van der Waals surface area (Å²) >= 11 is 3.55. The SMILES string of the molecule is Cc1cccc(NC(=O)Nc2ccc(-c3cc(Br)c4c(N)n[nH]c4c3)cc2)c1. The first-order valence-corrected chi connectivity index (χ1v) is 9.47. The maximum absolute atomic E-state index is 12.2. The fraction of sp³-hybridized carbons (Fsp3) is 0.0476. The van der Waals surface area contributed by atoms with Gasteiger partial charge in [-0.15, -0.1) is 0 Å². The van der Waals surface area contributed by atoms with Crippen molar-refractivity contribution in [1.82, 2.24) is 10.2 Å². The first-order chi connectivity index (χ1) is 13.5. The Bertz CT molecular complexity index is 1170. The molecule has 4 rings (SSSR count). The van der Waals surface area contributed by atoms with Crippen LogP contribution in [0.1, 0.15) is 5.56 Å². The second-order valence-corrected chi connectivity index (χ2v) is 7.37. The Balaban J connectivity index is 1.50. The van der Waals surface area contributed by atoms with Crippen molar-refractivity contribution < 1.29 is 4.79 Å². The van der Waals surface area contributed by atoms with E-state index in [4.69, 9.17) is 5.73 Å². The molecule has 7 heteroatoms. The zero-order valence-electron chi connectivity index (χ0n) is 15.1. The quantitative estimate of drug-likeness (QED) is 0.340. The Morgan fingerprint density at radius 3 is 2.50 bits per heavy atom. The van der Waals surface area contributed by atoms with Gasteiger partial charge in [-0.3, -0.25) is 5.10 Å². The van der Waals surface area contributed by atoms with Crippen LogP contribution in [-0.2, 0) is 0 Å². The maximum Gasteiger partial charge on any atom is 0.323 e. The van der Waals surface area contributed by atoms with E-state index < -0.39 is 0 Å². The number of nitrogens with one attached hydrogen (secondary N) is 3. The molecule has 0 aliphatic rings. The number of nitrogens with two attached hydrogens (primary N) is 1. The van der Waals surface area contributed by atoms with Crippen molar-refractivity contribution in [2.24, 2.45) is 0 Å². The predicted molar refractivity (Wildman–Crippen MR) is 117 cm³/mol. The van der Waals surface area contributed by atoms with Gasteiger partial charge in [0.05, 0.1) is 10.9 Å². The molecule has 0 bridgehead atoms. The number of aromatic nitrogens is 2. The molecule has 0 saturated heterocycles. The minimum atomic E-state index is -0.282. The molecular weight excluding hydrogens is 418 g/mol. The Morgan fingerprint density at radius 1 is 1.00 bits per heavy atom. The number of aromatic amines is 1. The number of halogens is 1. The third kappa shape index (κ3) is 3.70. The Hall–Kier alpha value is -3.32. The predicted octanol–water partition coefficient (Wildman–Crippen LogP) is 5.53. The highest BCUT2D eigenvalue weighted by Gasteiger charge is 2.10. The van der Waals surface area contributed by atoms with E-state index in [1.807, 2.05) is 67.6 Å². The molecular formula is C21H18BrN5O. The minimum absolute atomic E-state index is 0.282. The van der Waals surface area contributed by atoms with Crippen LogP contribution in [0.5, 0.6) is 0 Å². The zero-order chi connectivity index (χ0) is 19.7. The molecule has 0 fully saturated rings. The van der Waals surface area contributed by atoms with Gasteiger partial charge in [0.15, 0.2) is 5.82 Å². The fourth-order valence-electron chi connectivity index (χ4n) is 3.06. The summed E-state index contributed by atoms with van der Waals surface area (Å²) in [7, 11) is 0. The van der Waals surface area contributed by atoms with Crippen LogP contribution < -0.4 is 16.4 Å². The lowest BCUT2D eigenvalue weighted by Crippen LogP contribution is -2.19. The number of urea groups is 1. The van der Waals surface area contributed by atoms with Crippen molar-refractivity contribution in [3.63, 3.8) is 0 Å². The summed E-state index contributed by atoms with van der Waals surface area (Å²) < 4.78 is 0.881. The number of carbonyl (C=O) groups is 1. The van der Waals surface area contributed by atoms with E-state index in [2.05, 4.69) is 36.8 Å². The lowest BCUT2D eigenvalue weighted by atomic mass is 10.0. The molecule has 0 aliphatic carbocycles. The van der Waals surface area contributed by atoms with Crippen molar-refractivity contribution in [1.29, 1.82) is 0 Å². The molecule has 28 heavy (non-hydrogen) atoms. The van der Waals surface area contributed by atoms with E-state index in [-0.39, 0.29) is 6.03 Å². The average Bonchev–Trinajstić information content (AvgIpc) is 3.03. The molecule has 0 atom stereocenters. The summed E-state index contributed by atoms with van der Waals surface area (Å²) in [6.07, 6.45) is 0. The highest BCUT2D eigenvalue weighted by atomic mass is 79.9. The number of rotatable bonds is 3. The van der Waals surface area contributed by atoms with Gasteiger partial charge in [-0.05, 0) is 75.9 Å². The standard InChI is InChI=1S/C21H18BrN5O/c1-12-3-2-4-16(9-12)25-21(28)24-15-7-5-13(6-8-15)14-10-17(22)19-18(11-14)26-27-20(19)23/h2-11H,1H3,(H3,23,26,27)(H2,24,25,28). The Morgan fingerprint density at radius 2 is 1.75 bits per heavy atom. The number of H-pyrrole nitrogens is 1. The van der Waals surface area contributed by atoms with Crippen molar-refractivity contribution in [2.45, 2.75) is 6.92 Å². The lowest BCUT2D eigenvalue weighted by molar-refractivity contribution is 0.262. The van der Waals surface area contributed by atoms with Crippen LogP contribution in [0.4, 0.5) is 22.0 Å². The van der Waals surface area contributed by atoms with Gasteiger partial charge in [0.2, 0.25) is 0 Å². The van der Waals surface area contributed by atoms with E-state index in [9.17, 15) is 4.79 Å². The largest absolute Gasteiger partial charge is 0.382 e. The van der Waals surface area contributed by atoms with Crippen LogP contribution in [0.25, 0.3) is 22.0 Å². The van der Waals surface area contributed by atoms with Gasteiger partial charge in [-0.25, -0.2) is 4.79 Å². The van der Waals surface area contributed by atoms with E-state index >= 15 is 0 Å². The van der Waals surface area contributed by atoms with Crippen LogP contribution in [0, 0.1) is 6.92 Å². The van der Waals surface area contributed by atoms with Crippen LogP contribution in [0.2, 0.25) is 0 Å². The monoisotopic (exact) mass is 435 g/mol.